The largest absolute Gasteiger partial charge is 0.486 e. The number of H-pyrrole nitrogens is 1. The number of carbonyl (C=O) groups is 2. The molecular formula is C28H26N8O5. The van der Waals surface area contributed by atoms with E-state index < -0.39 is 0 Å². The highest BCUT2D eigenvalue weighted by Gasteiger charge is 2.22. The van der Waals surface area contributed by atoms with Gasteiger partial charge in [0.05, 0.1) is 24.0 Å². The first-order valence-electron chi connectivity index (χ1n) is 12.9. The van der Waals surface area contributed by atoms with Gasteiger partial charge in [-0.05, 0) is 29.8 Å². The van der Waals surface area contributed by atoms with E-state index in [0.29, 0.717) is 59.4 Å². The topological polar surface area (TPSA) is 165 Å². The minimum absolute atomic E-state index is 0.0826. The maximum atomic E-state index is 12.5. The summed E-state index contributed by atoms with van der Waals surface area (Å²) in [5.74, 6) is 1.22. The molecule has 4 N–H and O–H groups in total. The predicted molar refractivity (Wildman–Crippen MR) is 149 cm³/mol. The third-order valence-corrected chi connectivity index (χ3v) is 6.54. The van der Waals surface area contributed by atoms with Crippen molar-refractivity contribution in [2.75, 3.05) is 25.0 Å². The Balaban J connectivity index is 1.24. The SMILES string of the molecule is CC(=O)NCC(=O)NCc1ccc(-n2cc3c(=O)[nH]nc-3c3cnc(NCC4COc5ccccc5O4)nc32)cc1. The zero-order valence-electron chi connectivity index (χ0n) is 22.0. The first-order chi connectivity index (χ1) is 19.9. The summed E-state index contributed by atoms with van der Waals surface area (Å²) in [7, 11) is 0. The molecule has 13 heteroatoms. The highest BCUT2D eigenvalue weighted by atomic mass is 16.6. The molecule has 2 aromatic carbocycles. The second kappa shape index (κ2) is 11.0. The molecule has 208 valence electrons. The van der Waals surface area contributed by atoms with Gasteiger partial charge in [-0.3, -0.25) is 14.4 Å². The van der Waals surface area contributed by atoms with Gasteiger partial charge in [0, 0.05) is 31.5 Å². The van der Waals surface area contributed by atoms with Crippen LogP contribution in [0.25, 0.3) is 28.0 Å². The molecule has 0 bridgehead atoms. The summed E-state index contributed by atoms with van der Waals surface area (Å²) in [6.07, 6.45) is 3.09. The number of nitrogens with one attached hydrogen (secondary N) is 4. The number of rotatable bonds is 8. The fraction of sp³-hybridized carbons (Fsp3) is 0.214. The number of amides is 2. The Morgan fingerprint density at radius 3 is 2.71 bits per heavy atom. The van der Waals surface area contributed by atoms with Gasteiger partial charge in [0.15, 0.2) is 17.1 Å². The van der Waals surface area contributed by atoms with E-state index in [9.17, 15) is 14.4 Å². The number of benzene rings is 2. The Morgan fingerprint density at radius 1 is 1.10 bits per heavy atom. The number of hydrogen-bond donors (Lipinski definition) is 4. The van der Waals surface area contributed by atoms with Crippen molar-refractivity contribution < 1.29 is 19.1 Å². The zero-order chi connectivity index (χ0) is 28.3. The van der Waals surface area contributed by atoms with Crippen LogP contribution in [0.4, 0.5) is 5.95 Å². The molecule has 1 unspecified atom stereocenters. The molecule has 41 heavy (non-hydrogen) atoms. The van der Waals surface area contributed by atoms with Crippen molar-refractivity contribution in [3.63, 3.8) is 0 Å². The fourth-order valence-electron chi connectivity index (χ4n) is 4.47. The number of anilines is 1. The predicted octanol–water partition coefficient (Wildman–Crippen LogP) is 1.61. The van der Waals surface area contributed by atoms with Crippen LogP contribution in [0.2, 0.25) is 0 Å². The minimum atomic E-state index is -0.314. The summed E-state index contributed by atoms with van der Waals surface area (Å²) in [4.78, 5) is 44.6. The van der Waals surface area contributed by atoms with Gasteiger partial charge in [-0.1, -0.05) is 24.3 Å². The number of para-hydroxylation sites is 2. The molecule has 13 nitrogen and oxygen atoms in total. The summed E-state index contributed by atoms with van der Waals surface area (Å²) < 4.78 is 13.6. The van der Waals surface area contributed by atoms with Crippen molar-refractivity contribution in [3.05, 3.63) is 76.8 Å². The van der Waals surface area contributed by atoms with Crippen molar-refractivity contribution in [1.29, 1.82) is 0 Å². The fourth-order valence-corrected chi connectivity index (χ4v) is 4.47. The van der Waals surface area contributed by atoms with E-state index in [1.807, 2.05) is 48.5 Å². The average Bonchev–Trinajstić information content (AvgIpc) is 3.37. The van der Waals surface area contributed by atoms with Crippen molar-refractivity contribution in [3.8, 4) is 28.4 Å². The number of aromatic amines is 1. The van der Waals surface area contributed by atoms with Gasteiger partial charge in [-0.25, -0.2) is 10.1 Å². The summed E-state index contributed by atoms with van der Waals surface area (Å²) in [5.41, 5.74) is 2.72. The van der Waals surface area contributed by atoms with Crippen LogP contribution < -0.4 is 31.0 Å². The van der Waals surface area contributed by atoms with Crippen molar-refractivity contribution in [2.24, 2.45) is 0 Å². The molecule has 1 aromatic heterocycles. The number of fused-ring (bicyclic) bond motifs is 4. The van der Waals surface area contributed by atoms with E-state index in [0.717, 1.165) is 11.3 Å². The average molecular weight is 555 g/mol. The normalized spacial score (nSPS) is 14.1. The molecular weight excluding hydrogens is 528 g/mol. The van der Waals surface area contributed by atoms with Crippen LogP contribution >= 0.6 is 0 Å². The molecule has 2 amide bonds. The number of pyridine rings is 1. The summed E-state index contributed by atoms with van der Waals surface area (Å²) >= 11 is 0. The number of aromatic nitrogens is 5. The molecule has 0 fully saturated rings. The lowest BCUT2D eigenvalue weighted by atomic mass is 10.1. The van der Waals surface area contributed by atoms with Gasteiger partial charge < -0.3 is 30.0 Å². The van der Waals surface area contributed by atoms with E-state index in [4.69, 9.17) is 14.5 Å². The minimum Gasteiger partial charge on any atom is -0.486 e. The lowest BCUT2D eigenvalue weighted by molar-refractivity contribution is -0.125. The van der Waals surface area contributed by atoms with Crippen LogP contribution in [-0.2, 0) is 16.1 Å². The second-order valence-electron chi connectivity index (χ2n) is 9.48. The van der Waals surface area contributed by atoms with Crippen LogP contribution in [0.3, 0.4) is 0 Å². The molecule has 0 saturated heterocycles. The van der Waals surface area contributed by atoms with Crippen LogP contribution in [0.5, 0.6) is 11.5 Å². The highest BCUT2D eigenvalue weighted by Crippen LogP contribution is 2.31. The third-order valence-electron chi connectivity index (χ3n) is 6.54. The molecule has 4 heterocycles. The van der Waals surface area contributed by atoms with Gasteiger partial charge in [0.1, 0.15) is 18.4 Å². The van der Waals surface area contributed by atoms with Gasteiger partial charge >= 0.3 is 0 Å². The van der Waals surface area contributed by atoms with Crippen LogP contribution in [-0.4, -0.2) is 62.3 Å². The van der Waals surface area contributed by atoms with Crippen molar-refractivity contribution in [1.82, 2.24) is 35.4 Å². The Hall–Kier alpha value is -5.46. The molecule has 0 spiro atoms. The number of ether oxygens (including phenoxy) is 2. The summed E-state index contributed by atoms with van der Waals surface area (Å²) in [5, 5.41) is 15.7. The molecule has 0 saturated carbocycles. The quantitative estimate of drug-likeness (QED) is 0.223. The standard InChI is InChI=1S/C28H26N8O5/c1-16(37)29-13-24(38)30-10-17-6-8-18(9-7-17)36-14-21-25(34-35-27(21)39)20-12-32-28(33-26(20)36)31-11-19-15-40-22-4-2-3-5-23(22)41-19/h2-9,12,14,19H,10-11,13,15H2,1H3,(H,29,37)(H,30,38)(H,35,39)(H,31,32,33). The van der Waals surface area contributed by atoms with Crippen LogP contribution in [0.1, 0.15) is 12.5 Å². The molecule has 0 aliphatic carbocycles. The summed E-state index contributed by atoms with van der Waals surface area (Å²) in [6.45, 7) is 2.37. The first-order valence-corrected chi connectivity index (χ1v) is 12.9. The molecule has 3 aliphatic heterocycles. The zero-order valence-corrected chi connectivity index (χ0v) is 22.0. The third kappa shape index (κ3) is 5.50. The molecule has 6 rings (SSSR count). The Bertz CT molecular complexity index is 1760. The van der Waals surface area contributed by atoms with Crippen molar-refractivity contribution in [2.45, 2.75) is 19.6 Å². The molecule has 1 atom stereocenters. The van der Waals surface area contributed by atoms with E-state index >= 15 is 0 Å². The maximum Gasteiger partial charge on any atom is 0.275 e. The lowest BCUT2D eigenvalue weighted by Gasteiger charge is -2.26. The Morgan fingerprint density at radius 2 is 1.90 bits per heavy atom. The second-order valence-corrected chi connectivity index (χ2v) is 9.48. The van der Waals surface area contributed by atoms with Gasteiger partial charge in [-0.15, -0.1) is 0 Å². The van der Waals surface area contributed by atoms with E-state index in [2.05, 4.69) is 31.1 Å². The lowest BCUT2D eigenvalue weighted by Crippen LogP contribution is -2.35. The maximum absolute atomic E-state index is 12.5. The molecule has 3 aliphatic rings. The Kier molecular flexibility index (Phi) is 6.90. The van der Waals surface area contributed by atoms with Crippen molar-refractivity contribution >= 4 is 28.8 Å². The van der Waals surface area contributed by atoms with Gasteiger partial charge in [-0.2, -0.15) is 10.1 Å². The number of carbonyl (C=O) groups excluding carboxylic acids is 2. The van der Waals surface area contributed by atoms with E-state index in [1.54, 1.807) is 17.0 Å². The number of nitrogens with zero attached hydrogens (tertiary/aromatic N) is 4. The van der Waals surface area contributed by atoms with Crippen LogP contribution in [0.15, 0.2) is 65.7 Å². The summed E-state index contributed by atoms with van der Waals surface area (Å²) in [6, 6.07) is 15.0. The smallest absolute Gasteiger partial charge is 0.275 e. The Labute approximate surface area is 233 Å². The number of hydrogen-bond acceptors (Lipinski definition) is 9. The van der Waals surface area contributed by atoms with Gasteiger partial charge in [0.2, 0.25) is 17.8 Å². The molecule has 0 radical (unpaired) electrons. The molecule has 3 aromatic rings. The first kappa shape index (κ1) is 25.8. The monoisotopic (exact) mass is 554 g/mol. The van der Waals surface area contributed by atoms with Gasteiger partial charge in [0.25, 0.3) is 5.56 Å². The van der Waals surface area contributed by atoms with Crippen LogP contribution in [0, 0.1) is 0 Å². The van der Waals surface area contributed by atoms with E-state index in [1.165, 1.54) is 6.92 Å². The van der Waals surface area contributed by atoms with E-state index in [-0.39, 0.29) is 30.0 Å². The highest BCUT2D eigenvalue weighted by molar-refractivity contribution is 5.92.